The minimum absolute atomic E-state index is 0.109. The average Bonchev–Trinajstić information content (AvgIpc) is 3.18. The second kappa shape index (κ2) is 8.90. The molecule has 1 N–H and O–H groups in total. The van der Waals surface area contributed by atoms with Gasteiger partial charge in [0.2, 0.25) is 0 Å². The highest BCUT2D eigenvalue weighted by Gasteiger charge is 2.16. The van der Waals surface area contributed by atoms with Gasteiger partial charge in [-0.1, -0.05) is 83.6 Å². The molecule has 4 nitrogen and oxygen atoms in total. The number of aromatic nitrogens is 1. The fraction of sp³-hybridized carbons (Fsp3) is 0.0435. The van der Waals surface area contributed by atoms with E-state index in [2.05, 4.69) is 10.3 Å². The van der Waals surface area contributed by atoms with Gasteiger partial charge in [0.25, 0.3) is 5.91 Å². The zero-order valence-corrected chi connectivity index (χ0v) is 16.9. The van der Waals surface area contributed by atoms with E-state index in [0.717, 1.165) is 21.7 Å². The van der Waals surface area contributed by atoms with Crippen molar-refractivity contribution in [1.82, 2.24) is 4.98 Å². The number of benzene rings is 3. The van der Waals surface area contributed by atoms with Crippen molar-refractivity contribution in [1.29, 1.82) is 0 Å². The van der Waals surface area contributed by atoms with E-state index < -0.39 is 0 Å². The Morgan fingerprint density at radius 2 is 1.52 bits per heavy atom. The summed E-state index contributed by atoms with van der Waals surface area (Å²) >= 11 is 7.30. The first-order valence-corrected chi connectivity index (χ1v) is 10.2. The van der Waals surface area contributed by atoms with Crippen molar-refractivity contribution in [2.45, 2.75) is 0 Å². The van der Waals surface area contributed by atoms with E-state index in [1.54, 1.807) is 24.3 Å². The molecule has 0 bridgehead atoms. The van der Waals surface area contributed by atoms with Crippen molar-refractivity contribution >= 4 is 34.0 Å². The van der Waals surface area contributed by atoms with Crippen LogP contribution in [0.5, 0.6) is 5.75 Å². The largest absolute Gasteiger partial charge is 0.484 e. The van der Waals surface area contributed by atoms with Gasteiger partial charge in [0.05, 0.1) is 10.6 Å². The Morgan fingerprint density at radius 3 is 2.17 bits per heavy atom. The summed E-state index contributed by atoms with van der Waals surface area (Å²) in [4.78, 5) is 18.0. The Balaban J connectivity index is 1.54. The van der Waals surface area contributed by atoms with E-state index in [0.29, 0.717) is 15.9 Å². The number of hydrogen-bond acceptors (Lipinski definition) is 4. The Labute approximate surface area is 177 Å². The standard InChI is InChI=1S/C23H17ClN2O2S/c24-18-11-13-19(14-12-18)28-15-20(27)25-23-26-21(16-7-3-1-4-8-16)22(29-23)17-9-5-2-6-10-17/h1-14H,15H2,(H,25,26,27). The molecule has 0 unspecified atom stereocenters. The molecular formula is C23H17ClN2O2S. The smallest absolute Gasteiger partial charge is 0.264 e. The molecule has 0 saturated heterocycles. The lowest BCUT2D eigenvalue weighted by molar-refractivity contribution is -0.118. The average molecular weight is 421 g/mol. The van der Waals surface area contributed by atoms with Crippen molar-refractivity contribution in [3.8, 4) is 27.4 Å². The summed E-state index contributed by atoms with van der Waals surface area (Å²) < 4.78 is 5.51. The van der Waals surface area contributed by atoms with E-state index in [4.69, 9.17) is 16.3 Å². The SMILES string of the molecule is O=C(COc1ccc(Cl)cc1)Nc1nc(-c2ccccc2)c(-c2ccccc2)s1. The minimum Gasteiger partial charge on any atom is -0.484 e. The van der Waals surface area contributed by atoms with Gasteiger partial charge in [0.1, 0.15) is 5.75 Å². The maximum Gasteiger partial charge on any atom is 0.264 e. The summed E-state index contributed by atoms with van der Waals surface area (Å²) in [5.41, 5.74) is 2.90. The van der Waals surface area contributed by atoms with Crippen molar-refractivity contribution in [3.63, 3.8) is 0 Å². The second-order valence-corrected chi connectivity index (χ2v) is 7.66. The summed E-state index contributed by atoms with van der Waals surface area (Å²) in [7, 11) is 0. The number of nitrogens with one attached hydrogen (secondary N) is 1. The summed E-state index contributed by atoms with van der Waals surface area (Å²) in [5.74, 6) is 0.312. The monoisotopic (exact) mass is 420 g/mol. The molecule has 0 spiro atoms. The Morgan fingerprint density at radius 1 is 0.897 bits per heavy atom. The van der Waals surface area contributed by atoms with Crippen LogP contribution in [-0.2, 0) is 4.79 Å². The van der Waals surface area contributed by atoms with Gasteiger partial charge in [-0.15, -0.1) is 0 Å². The van der Waals surface area contributed by atoms with Crippen LogP contribution in [0.25, 0.3) is 21.7 Å². The van der Waals surface area contributed by atoms with Crippen LogP contribution in [0, 0.1) is 0 Å². The first kappa shape index (κ1) is 19.2. The molecule has 0 fully saturated rings. The van der Waals surface area contributed by atoms with Gasteiger partial charge >= 0.3 is 0 Å². The molecule has 6 heteroatoms. The molecule has 0 atom stereocenters. The molecule has 0 aliphatic heterocycles. The van der Waals surface area contributed by atoms with Crippen LogP contribution >= 0.6 is 22.9 Å². The molecule has 0 aliphatic carbocycles. The van der Waals surface area contributed by atoms with Crippen LogP contribution in [0.3, 0.4) is 0 Å². The van der Waals surface area contributed by atoms with Gasteiger partial charge in [-0.3, -0.25) is 10.1 Å². The molecule has 144 valence electrons. The molecule has 1 heterocycles. The highest BCUT2D eigenvalue weighted by molar-refractivity contribution is 7.19. The number of halogens is 1. The fourth-order valence-corrected chi connectivity index (χ4v) is 3.92. The lowest BCUT2D eigenvalue weighted by Gasteiger charge is -2.05. The van der Waals surface area contributed by atoms with Crippen molar-refractivity contribution in [3.05, 3.63) is 90.0 Å². The van der Waals surface area contributed by atoms with Gasteiger partial charge < -0.3 is 4.74 Å². The Bertz CT molecular complexity index is 1040. The topological polar surface area (TPSA) is 51.2 Å². The molecule has 4 aromatic rings. The molecule has 29 heavy (non-hydrogen) atoms. The number of carbonyl (C=O) groups excluding carboxylic acids is 1. The number of hydrogen-bond donors (Lipinski definition) is 1. The number of ether oxygens (including phenoxy) is 1. The minimum atomic E-state index is -0.270. The van der Waals surface area contributed by atoms with Crippen molar-refractivity contribution in [2.75, 3.05) is 11.9 Å². The third-order valence-corrected chi connectivity index (χ3v) is 5.41. The van der Waals surface area contributed by atoms with Crippen LogP contribution in [0.4, 0.5) is 5.13 Å². The molecule has 1 aromatic heterocycles. The van der Waals surface area contributed by atoms with Crippen LogP contribution in [0.15, 0.2) is 84.9 Å². The lowest BCUT2D eigenvalue weighted by atomic mass is 10.1. The zero-order chi connectivity index (χ0) is 20.1. The van der Waals surface area contributed by atoms with Crippen LogP contribution < -0.4 is 10.1 Å². The molecule has 0 radical (unpaired) electrons. The van der Waals surface area contributed by atoms with Crippen LogP contribution in [-0.4, -0.2) is 17.5 Å². The number of amides is 1. The predicted molar refractivity (Wildman–Crippen MR) is 119 cm³/mol. The fourth-order valence-electron chi connectivity index (χ4n) is 2.79. The van der Waals surface area contributed by atoms with Gasteiger partial charge in [-0.05, 0) is 29.8 Å². The zero-order valence-electron chi connectivity index (χ0n) is 15.3. The molecular weight excluding hydrogens is 404 g/mol. The lowest BCUT2D eigenvalue weighted by Crippen LogP contribution is -2.20. The number of carbonyl (C=O) groups is 1. The summed E-state index contributed by atoms with van der Waals surface area (Å²) in [6.07, 6.45) is 0. The van der Waals surface area contributed by atoms with E-state index >= 15 is 0 Å². The molecule has 4 rings (SSSR count). The number of nitrogens with zero attached hydrogens (tertiary/aromatic N) is 1. The van der Waals surface area contributed by atoms with Gasteiger partial charge in [0, 0.05) is 10.6 Å². The first-order valence-electron chi connectivity index (χ1n) is 8.99. The number of rotatable bonds is 6. The molecule has 1 amide bonds. The summed E-state index contributed by atoms with van der Waals surface area (Å²) in [6, 6.07) is 26.8. The van der Waals surface area contributed by atoms with E-state index in [1.165, 1.54) is 11.3 Å². The van der Waals surface area contributed by atoms with E-state index in [9.17, 15) is 4.79 Å². The molecule has 0 aliphatic rings. The number of anilines is 1. The maximum atomic E-state index is 12.4. The highest BCUT2D eigenvalue weighted by atomic mass is 35.5. The van der Waals surface area contributed by atoms with Crippen LogP contribution in [0.2, 0.25) is 5.02 Å². The molecule has 0 saturated carbocycles. The Hall–Kier alpha value is -3.15. The number of thiazole rings is 1. The first-order chi connectivity index (χ1) is 14.2. The maximum absolute atomic E-state index is 12.4. The summed E-state index contributed by atoms with van der Waals surface area (Å²) in [6.45, 7) is -0.109. The quantitative estimate of drug-likeness (QED) is 0.407. The summed E-state index contributed by atoms with van der Waals surface area (Å²) in [5, 5.41) is 3.99. The highest BCUT2D eigenvalue weighted by Crippen LogP contribution is 2.38. The normalized spacial score (nSPS) is 10.5. The van der Waals surface area contributed by atoms with Gasteiger partial charge in [0.15, 0.2) is 11.7 Å². The van der Waals surface area contributed by atoms with Gasteiger partial charge in [-0.2, -0.15) is 0 Å². The Kier molecular flexibility index (Phi) is 5.89. The van der Waals surface area contributed by atoms with E-state index in [1.807, 2.05) is 60.7 Å². The van der Waals surface area contributed by atoms with Gasteiger partial charge in [-0.25, -0.2) is 4.98 Å². The van der Waals surface area contributed by atoms with Crippen molar-refractivity contribution < 1.29 is 9.53 Å². The predicted octanol–water partition coefficient (Wildman–Crippen LogP) is 6.15. The van der Waals surface area contributed by atoms with E-state index in [-0.39, 0.29) is 12.5 Å². The second-order valence-electron chi connectivity index (χ2n) is 6.22. The van der Waals surface area contributed by atoms with Crippen LogP contribution in [0.1, 0.15) is 0 Å². The third-order valence-electron chi connectivity index (χ3n) is 4.14. The molecule has 3 aromatic carbocycles. The van der Waals surface area contributed by atoms with Crippen molar-refractivity contribution in [2.24, 2.45) is 0 Å². The third kappa shape index (κ3) is 4.83.